The molecular weight excluding hydrogens is 323 g/mol. The van der Waals surface area contributed by atoms with Gasteiger partial charge in [-0.3, -0.25) is 14.6 Å². The molecule has 1 amide bonds. The second-order valence-corrected chi connectivity index (χ2v) is 5.32. The van der Waals surface area contributed by atoms with Gasteiger partial charge >= 0.3 is 6.18 Å². The summed E-state index contributed by atoms with van der Waals surface area (Å²) in [6.07, 6.45) is -2.34. The van der Waals surface area contributed by atoms with Gasteiger partial charge in [0, 0.05) is 25.5 Å². The maximum Gasteiger partial charge on any atom is 0.417 e. The number of aromatic nitrogens is 2. The molecule has 5 nitrogen and oxygen atoms in total. The Morgan fingerprint density at radius 1 is 1.29 bits per heavy atom. The van der Waals surface area contributed by atoms with Crippen molar-refractivity contribution in [1.29, 1.82) is 0 Å². The van der Waals surface area contributed by atoms with E-state index in [9.17, 15) is 22.8 Å². The van der Waals surface area contributed by atoms with Crippen molar-refractivity contribution in [2.45, 2.75) is 25.7 Å². The molecule has 8 heteroatoms. The van der Waals surface area contributed by atoms with Crippen LogP contribution in [0.3, 0.4) is 0 Å². The molecule has 0 bridgehead atoms. The van der Waals surface area contributed by atoms with E-state index in [1.807, 2.05) is 0 Å². The minimum Gasteiger partial charge on any atom is -0.336 e. The number of nitrogens with zero attached hydrogens (tertiary/aromatic N) is 3. The first-order valence-corrected chi connectivity index (χ1v) is 7.14. The summed E-state index contributed by atoms with van der Waals surface area (Å²) in [6.45, 7) is 1.27. The lowest BCUT2D eigenvalue weighted by molar-refractivity contribution is -0.139. The Labute approximate surface area is 136 Å². The average Bonchev–Trinajstić information content (AvgIpc) is 2.55. The van der Waals surface area contributed by atoms with Crippen LogP contribution in [0.5, 0.6) is 0 Å². The Balaban J connectivity index is 2.19. The van der Waals surface area contributed by atoms with Crippen LogP contribution in [0.2, 0.25) is 0 Å². The topological polar surface area (TPSA) is 55.2 Å². The minimum absolute atomic E-state index is 0.375. The second kappa shape index (κ2) is 6.86. The first kappa shape index (κ1) is 17.7. The Kier molecular flexibility index (Phi) is 5.06. The lowest BCUT2D eigenvalue weighted by Crippen LogP contribution is -2.35. The Hall–Kier alpha value is -2.64. The van der Waals surface area contributed by atoms with E-state index in [1.165, 1.54) is 11.9 Å². The summed E-state index contributed by atoms with van der Waals surface area (Å²) in [4.78, 5) is 29.5. The zero-order valence-electron chi connectivity index (χ0n) is 13.1. The number of carbonyl (C=O) groups is 1. The maximum atomic E-state index is 12.7. The Morgan fingerprint density at radius 3 is 2.58 bits per heavy atom. The molecule has 0 aliphatic heterocycles. The Morgan fingerprint density at radius 2 is 2.00 bits per heavy atom. The van der Waals surface area contributed by atoms with Gasteiger partial charge in [0.05, 0.1) is 17.3 Å². The lowest BCUT2D eigenvalue weighted by atomic mass is 10.2. The number of rotatable bonds is 4. The van der Waals surface area contributed by atoms with Gasteiger partial charge in [-0.05, 0) is 25.1 Å². The number of alkyl halides is 3. The summed E-state index contributed by atoms with van der Waals surface area (Å²) in [6, 6.07) is 6.38. The molecule has 128 valence electrons. The first-order valence-electron chi connectivity index (χ1n) is 7.14. The quantitative estimate of drug-likeness (QED) is 0.860. The molecule has 2 rings (SSSR count). The number of halogens is 3. The normalized spacial score (nSPS) is 12.7. The molecule has 0 spiro atoms. The van der Waals surface area contributed by atoms with Crippen LogP contribution in [0.25, 0.3) is 0 Å². The van der Waals surface area contributed by atoms with Crippen molar-refractivity contribution in [2.75, 3.05) is 7.05 Å². The van der Waals surface area contributed by atoms with Crippen molar-refractivity contribution in [3.05, 3.63) is 64.3 Å². The fraction of sp³-hybridized carbons (Fsp3) is 0.312. The van der Waals surface area contributed by atoms with Crippen LogP contribution in [0.1, 0.15) is 24.2 Å². The molecule has 0 aliphatic carbocycles. The minimum atomic E-state index is -4.58. The van der Waals surface area contributed by atoms with Gasteiger partial charge in [-0.25, -0.2) is 0 Å². The van der Waals surface area contributed by atoms with Gasteiger partial charge in [0.1, 0.15) is 6.54 Å². The highest BCUT2D eigenvalue weighted by Crippen LogP contribution is 2.28. The average molecular weight is 339 g/mol. The largest absolute Gasteiger partial charge is 0.417 e. The number of hydrogen-bond acceptors (Lipinski definition) is 3. The molecular formula is C16H16F3N3O2. The first-order chi connectivity index (χ1) is 11.2. The Bertz CT molecular complexity index is 772. The van der Waals surface area contributed by atoms with E-state index in [-0.39, 0.29) is 6.04 Å². The number of carbonyl (C=O) groups excluding carboxylic acids is 1. The van der Waals surface area contributed by atoms with E-state index in [1.54, 1.807) is 31.3 Å². The van der Waals surface area contributed by atoms with Gasteiger partial charge < -0.3 is 9.47 Å². The molecule has 0 fully saturated rings. The summed E-state index contributed by atoms with van der Waals surface area (Å²) in [5.74, 6) is -0.491. The molecule has 0 saturated heterocycles. The molecule has 0 N–H and O–H groups in total. The van der Waals surface area contributed by atoms with Crippen molar-refractivity contribution in [3.63, 3.8) is 0 Å². The van der Waals surface area contributed by atoms with Crippen molar-refractivity contribution in [2.24, 2.45) is 0 Å². The highest BCUT2D eigenvalue weighted by atomic mass is 19.4. The zero-order chi connectivity index (χ0) is 17.9. The number of pyridine rings is 2. The van der Waals surface area contributed by atoms with Gasteiger partial charge in [0.25, 0.3) is 5.56 Å². The van der Waals surface area contributed by atoms with Gasteiger partial charge in [0.2, 0.25) is 5.91 Å². The highest BCUT2D eigenvalue weighted by Gasteiger charge is 2.31. The molecule has 24 heavy (non-hydrogen) atoms. The van der Waals surface area contributed by atoms with Crippen LogP contribution >= 0.6 is 0 Å². The van der Waals surface area contributed by atoms with E-state index in [0.29, 0.717) is 18.0 Å². The summed E-state index contributed by atoms with van der Waals surface area (Å²) in [7, 11) is 1.51. The summed E-state index contributed by atoms with van der Waals surface area (Å²) in [5.41, 5.74) is -1.00. The molecule has 2 aromatic rings. The predicted octanol–water partition coefficient (Wildman–Crippen LogP) is 2.48. The number of likely N-dealkylation sites (N-methyl/N-ethyl adjacent to an activating group) is 1. The fourth-order valence-electron chi connectivity index (χ4n) is 2.12. The molecule has 0 saturated carbocycles. The zero-order valence-corrected chi connectivity index (χ0v) is 13.1. The third-order valence-electron chi connectivity index (χ3n) is 3.71. The van der Waals surface area contributed by atoms with Crippen molar-refractivity contribution >= 4 is 5.91 Å². The van der Waals surface area contributed by atoms with Crippen molar-refractivity contribution in [3.8, 4) is 0 Å². The molecule has 0 aromatic carbocycles. The van der Waals surface area contributed by atoms with Crippen LogP contribution in [0.15, 0.2) is 47.5 Å². The number of hydrogen-bond donors (Lipinski definition) is 0. The third kappa shape index (κ3) is 4.01. The maximum absolute atomic E-state index is 12.7. The van der Waals surface area contributed by atoms with Crippen LogP contribution in [-0.4, -0.2) is 27.4 Å². The summed E-state index contributed by atoms with van der Waals surface area (Å²) >= 11 is 0. The monoisotopic (exact) mass is 339 g/mol. The lowest BCUT2D eigenvalue weighted by Gasteiger charge is -2.25. The van der Waals surface area contributed by atoms with E-state index >= 15 is 0 Å². The summed E-state index contributed by atoms with van der Waals surface area (Å²) < 4.78 is 38.9. The SMILES string of the molecule is C[C@@H](c1ccccn1)N(C)C(=O)Cn1cc(C(F)(F)F)ccc1=O. The predicted molar refractivity (Wildman–Crippen MR) is 81.1 cm³/mol. The van der Waals surface area contributed by atoms with E-state index in [2.05, 4.69) is 4.98 Å². The van der Waals surface area contributed by atoms with Gasteiger partial charge in [-0.15, -0.1) is 0 Å². The highest BCUT2D eigenvalue weighted by molar-refractivity contribution is 5.76. The summed E-state index contributed by atoms with van der Waals surface area (Å²) in [5, 5.41) is 0. The van der Waals surface area contributed by atoms with Crippen LogP contribution < -0.4 is 5.56 Å². The molecule has 2 aromatic heterocycles. The smallest absolute Gasteiger partial charge is 0.336 e. The van der Waals surface area contributed by atoms with E-state index in [4.69, 9.17) is 0 Å². The van der Waals surface area contributed by atoms with Crippen LogP contribution in [0.4, 0.5) is 13.2 Å². The standard InChI is InChI=1S/C16H16F3N3O2/c1-11(13-5-3-4-8-20-13)21(2)15(24)10-22-9-12(16(17,18)19)6-7-14(22)23/h3-9,11H,10H2,1-2H3/t11-/m0/s1. The van der Waals surface area contributed by atoms with Crippen LogP contribution in [-0.2, 0) is 17.5 Å². The molecule has 0 unspecified atom stereocenters. The van der Waals surface area contributed by atoms with Gasteiger partial charge in [-0.2, -0.15) is 13.2 Å². The van der Waals surface area contributed by atoms with Crippen LogP contribution in [0, 0.1) is 0 Å². The molecule has 0 radical (unpaired) electrons. The number of amides is 1. The molecule has 0 aliphatic rings. The molecule has 2 heterocycles. The van der Waals surface area contributed by atoms with Gasteiger partial charge in [0.15, 0.2) is 0 Å². The van der Waals surface area contributed by atoms with Crippen molar-refractivity contribution < 1.29 is 18.0 Å². The second-order valence-electron chi connectivity index (χ2n) is 5.32. The van der Waals surface area contributed by atoms with Gasteiger partial charge in [-0.1, -0.05) is 6.07 Å². The molecule has 1 atom stereocenters. The third-order valence-corrected chi connectivity index (χ3v) is 3.71. The van der Waals surface area contributed by atoms with E-state index in [0.717, 1.165) is 10.6 Å². The fourth-order valence-corrected chi connectivity index (χ4v) is 2.12. The van der Waals surface area contributed by atoms with E-state index < -0.39 is 29.8 Å². The van der Waals surface area contributed by atoms with Crippen molar-refractivity contribution in [1.82, 2.24) is 14.5 Å².